The molecule has 5 aromatic rings. The van der Waals surface area contributed by atoms with E-state index in [4.69, 9.17) is 0 Å². The standard InChI is InChI=1S/C30H24BN/c1-3-11-21(12-4-1)31-25-17-9-7-15-23(25)29-26(31)19-20-28-30(29)24-16-8-10-18-27(24)32(28)22-13-5-2-6-14-22/h1-6,8,10-14,16,18-20H,7,9,15,17H2. The van der Waals surface area contributed by atoms with Crippen molar-refractivity contribution in [3.05, 3.63) is 108 Å². The van der Waals surface area contributed by atoms with Crippen LogP contribution in [0.5, 0.6) is 0 Å². The molecule has 2 aliphatic rings. The molecule has 0 atom stereocenters. The zero-order valence-corrected chi connectivity index (χ0v) is 18.1. The first-order valence-electron chi connectivity index (χ1n) is 11.8. The fourth-order valence-corrected chi connectivity index (χ4v) is 6.24. The van der Waals surface area contributed by atoms with Crippen LogP contribution in [0.25, 0.3) is 33.1 Å². The predicted octanol–water partition coefficient (Wildman–Crippen LogP) is 6.27. The average Bonchev–Trinajstić information content (AvgIpc) is 3.38. The number of aromatic nitrogens is 1. The van der Waals surface area contributed by atoms with Crippen LogP contribution in [0, 0.1) is 0 Å². The summed E-state index contributed by atoms with van der Waals surface area (Å²) >= 11 is 0. The molecule has 1 aliphatic carbocycles. The van der Waals surface area contributed by atoms with Crippen molar-refractivity contribution in [1.82, 2.24) is 4.57 Å². The highest BCUT2D eigenvalue weighted by Gasteiger charge is 2.38. The number of allylic oxidation sites excluding steroid dienone is 2. The number of fused-ring (bicyclic) bond motifs is 6. The monoisotopic (exact) mass is 409 g/mol. The molecule has 0 bridgehead atoms. The van der Waals surface area contributed by atoms with Gasteiger partial charge in [-0.05, 0) is 61.1 Å². The number of benzene rings is 4. The maximum absolute atomic E-state index is 2.45. The van der Waals surface area contributed by atoms with Gasteiger partial charge in [-0.3, -0.25) is 0 Å². The van der Waals surface area contributed by atoms with Gasteiger partial charge in [0.25, 0.3) is 0 Å². The lowest BCUT2D eigenvalue weighted by Crippen LogP contribution is -2.42. The van der Waals surface area contributed by atoms with Crippen LogP contribution >= 0.6 is 0 Å². The summed E-state index contributed by atoms with van der Waals surface area (Å²) in [5.74, 6) is 0. The van der Waals surface area contributed by atoms with E-state index in [0.717, 1.165) is 0 Å². The van der Waals surface area contributed by atoms with Gasteiger partial charge in [-0.2, -0.15) is 0 Å². The summed E-state index contributed by atoms with van der Waals surface area (Å²) in [7, 11) is 0. The van der Waals surface area contributed by atoms with E-state index in [9.17, 15) is 0 Å². The molecule has 0 spiro atoms. The van der Waals surface area contributed by atoms with Crippen molar-refractivity contribution in [3.63, 3.8) is 0 Å². The van der Waals surface area contributed by atoms with E-state index in [1.54, 1.807) is 11.0 Å². The zero-order chi connectivity index (χ0) is 21.1. The van der Waals surface area contributed by atoms with Gasteiger partial charge in [0.15, 0.2) is 0 Å². The number of hydrogen-bond donors (Lipinski definition) is 0. The summed E-state index contributed by atoms with van der Waals surface area (Å²) in [6.07, 6.45) is 5.04. The highest BCUT2D eigenvalue weighted by Crippen LogP contribution is 2.44. The smallest absolute Gasteiger partial charge is 0.238 e. The molecule has 2 heteroatoms. The molecule has 0 unspecified atom stereocenters. The van der Waals surface area contributed by atoms with Crippen molar-refractivity contribution < 1.29 is 0 Å². The second kappa shape index (κ2) is 7.00. The molecule has 2 heterocycles. The van der Waals surface area contributed by atoms with Crippen LogP contribution in [0.4, 0.5) is 0 Å². The van der Waals surface area contributed by atoms with Crippen LogP contribution in [-0.2, 0) is 0 Å². The summed E-state index contributed by atoms with van der Waals surface area (Å²) in [6.45, 7) is 0.407. The van der Waals surface area contributed by atoms with Crippen molar-refractivity contribution in [2.75, 3.05) is 0 Å². The number of rotatable bonds is 2. The molecule has 32 heavy (non-hydrogen) atoms. The fourth-order valence-electron chi connectivity index (χ4n) is 6.24. The van der Waals surface area contributed by atoms with E-state index in [1.807, 2.05) is 0 Å². The lowest BCUT2D eigenvalue weighted by molar-refractivity contribution is 0.735. The van der Waals surface area contributed by atoms with Crippen LogP contribution in [0.1, 0.15) is 31.2 Å². The zero-order valence-electron chi connectivity index (χ0n) is 18.1. The van der Waals surface area contributed by atoms with Crippen LogP contribution < -0.4 is 10.9 Å². The SMILES string of the molecule is c1ccc(B2C3=C(CCCC3)c3c2ccc2c3c3ccccc3n2-c2ccccc2)cc1. The van der Waals surface area contributed by atoms with Crippen molar-refractivity contribution in [1.29, 1.82) is 0 Å². The second-order valence-corrected chi connectivity index (χ2v) is 9.17. The van der Waals surface area contributed by atoms with Gasteiger partial charge in [0.05, 0.1) is 11.0 Å². The molecule has 4 aromatic carbocycles. The predicted molar refractivity (Wildman–Crippen MR) is 138 cm³/mol. The Labute approximate surface area is 189 Å². The molecule has 0 radical (unpaired) electrons. The fraction of sp³-hybridized carbons (Fsp3) is 0.133. The molecular weight excluding hydrogens is 385 g/mol. The minimum atomic E-state index is 0.407. The molecule has 0 fully saturated rings. The molecule has 1 aromatic heterocycles. The minimum absolute atomic E-state index is 0.407. The lowest BCUT2D eigenvalue weighted by Gasteiger charge is -2.18. The molecule has 0 saturated heterocycles. The Hall–Kier alpha value is -3.52. The van der Waals surface area contributed by atoms with Gasteiger partial charge >= 0.3 is 0 Å². The summed E-state index contributed by atoms with van der Waals surface area (Å²) < 4.78 is 2.45. The number of para-hydroxylation sites is 2. The third-order valence-electron chi connectivity index (χ3n) is 7.49. The Kier molecular flexibility index (Phi) is 3.96. The Morgan fingerprint density at radius 1 is 0.625 bits per heavy atom. The first-order valence-corrected chi connectivity index (χ1v) is 11.8. The Morgan fingerprint density at radius 2 is 1.34 bits per heavy atom. The molecule has 0 N–H and O–H groups in total. The largest absolute Gasteiger partial charge is 0.309 e. The van der Waals surface area contributed by atoms with Crippen LogP contribution in [-0.4, -0.2) is 11.3 Å². The quantitative estimate of drug-likeness (QED) is 0.303. The highest BCUT2D eigenvalue weighted by atomic mass is 15.0. The molecule has 0 amide bonds. The normalized spacial score (nSPS) is 15.4. The van der Waals surface area contributed by atoms with Crippen molar-refractivity contribution in [2.24, 2.45) is 0 Å². The first kappa shape index (κ1) is 18.1. The summed E-state index contributed by atoms with van der Waals surface area (Å²) in [6, 6.07) is 35.7. The summed E-state index contributed by atoms with van der Waals surface area (Å²) in [4.78, 5) is 0. The van der Waals surface area contributed by atoms with Crippen LogP contribution in [0.15, 0.2) is 103 Å². The maximum atomic E-state index is 2.45. The Bertz CT molecular complexity index is 1510. The van der Waals surface area contributed by atoms with Crippen molar-refractivity contribution in [3.8, 4) is 5.69 Å². The van der Waals surface area contributed by atoms with Gasteiger partial charge < -0.3 is 4.57 Å². The topological polar surface area (TPSA) is 4.93 Å². The minimum Gasteiger partial charge on any atom is -0.309 e. The van der Waals surface area contributed by atoms with Crippen molar-refractivity contribution in [2.45, 2.75) is 25.7 Å². The van der Waals surface area contributed by atoms with Gasteiger partial charge in [-0.1, -0.05) is 89.2 Å². The maximum Gasteiger partial charge on any atom is 0.238 e. The van der Waals surface area contributed by atoms with Crippen LogP contribution in [0.3, 0.4) is 0 Å². The van der Waals surface area contributed by atoms with Gasteiger partial charge in [-0.25, -0.2) is 0 Å². The van der Waals surface area contributed by atoms with Gasteiger partial charge in [0.2, 0.25) is 6.71 Å². The second-order valence-electron chi connectivity index (χ2n) is 9.17. The van der Waals surface area contributed by atoms with E-state index >= 15 is 0 Å². The number of nitrogens with zero attached hydrogens (tertiary/aromatic N) is 1. The molecule has 1 nitrogen and oxygen atoms in total. The van der Waals surface area contributed by atoms with Gasteiger partial charge in [0.1, 0.15) is 0 Å². The molecule has 7 rings (SSSR count). The summed E-state index contributed by atoms with van der Waals surface area (Å²) in [5.41, 5.74) is 11.6. The van der Waals surface area contributed by atoms with E-state index < -0.39 is 0 Å². The summed E-state index contributed by atoms with van der Waals surface area (Å²) in [5, 5.41) is 2.81. The average molecular weight is 409 g/mol. The van der Waals surface area contributed by atoms with E-state index in [2.05, 4.69) is 102 Å². The van der Waals surface area contributed by atoms with Crippen LogP contribution in [0.2, 0.25) is 0 Å². The highest BCUT2D eigenvalue weighted by molar-refractivity contribution is 6.94. The Balaban J connectivity index is 1.61. The van der Waals surface area contributed by atoms with E-state index in [-0.39, 0.29) is 0 Å². The third kappa shape index (κ3) is 2.47. The molecule has 0 saturated carbocycles. The lowest BCUT2D eigenvalue weighted by atomic mass is 9.37. The first-order chi connectivity index (χ1) is 15.9. The molecule has 1 aliphatic heterocycles. The van der Waals surface area contributed by atoms with Crippen molar-refractivity contribution >= 4 is 45.0 Å². The van der Waals surface area contributed by atoms with E-state index in [1.165, 1.54) is 69.7 Å². The third-order valence-corrected chi connectivity index (χ3v) is 7.49. The Morgan fingerprint density at radius 3 is 2.19 bits per heavy atom. The number of hydrogen-bond acceptors (Lipinski definition) is 0. The molecular formula is C30H24BN. The van der Waals surface area contributed by atoms with E-state index in [0.29, 0.717) is 6.71 Å². The molecule has 152 valence electrons. The van der Waals surface area contributed by atoms with Gasteiger partial charge in [-0.15, -0.1) is 0 Å². The van der Waals surface area contributed by atoms with Gasteiger partial charge in [0, 0.05) is 16.5 Å².